The Hall–Kier alpha value is -0.340. The summed E-state index contributed by atoms with van der Waals surface area (Å²) >= 11 is 0. The van der Waals surface area contributed by atoms with E-state index in [0.29, 0.717) is 0 Å². The van der Waals surface area contributed by atoms with Crippen LogP contribution in [-0.2, 0) is 9.47 Å². The van der Waals surface area contributed by atoms with Gasteiger partial charge in [-0.25, -0.2) is 0 Å². The molecule has 2 N–H and O–H groups in total. The second-order valence-corrected chi connectivity index (χ2v) is 4.77. The van der Waals surface area contributed by atoms with Gasteiger partial charge in [-0.3, -0.25) is 4.99 Å². The largest absolute Gasteiger partial charge is 0.382 e. The van der Waals surface area contributed by atoms with E-state index in [0.717, 1.165) is 71.2 Å². The lowest BCUT2D eigenvalue weighted by Gasteiger charge is -2.15. The van der Waals surface area contributed by atoms with E-state index in [1.165, 1.54) is 5.57 Å². The molecule has 0 amide bonds. The summed E-state index contributed by atoms with van der Waals surface area (Å²) in [4.78, 5) is 4.22. The van der Waals surface area contributed by atoms with E-state index in [4.69, 9.17) is 9.47 Å². The molecule has 0 aromatic heterocycles. The van der Waals surface area contributed by atoms with Crippen LogP contribution in [0.15, 0.2) is 16.6 Å². The Labute approximate surface area is 146 Å². The van der Waals surface area contributed by atoms with Crippen LogP contribution in [0.2, 0.25) is 0 Å². The number of unbranched alkanes of at least 4 members (excludes halogenated alkanes) is 1. The van der Waals surface area contributed by atoms with Gasteiger partial charge in [-0.1, -0.05) is 11.6 Å². The first-order valence-corrected chi connectivity index (χ1v) is 7.64. The van der Waals surface area contributed by atoms with Gasteiger partial charge in [0.15, 0.2) is 5.96 Å². The molecule has 1 rings (SSSR count). The predicted octanol–water partition coefficient (Wildman–Crippen LogP) is 2.32. The summed E-state index contributed by atoms with van der Waals surface area (Å²) in [5, 5.41) is 6.67. The van der Waals surface area contributed by atoms with Gasteiger partial charge in [0.1, 0.15) is 0 Å². The maximum absolute atomic E-state index is 5.31. The second kappa shape index (κ2) is 14.6. The lowest BCUT2D eigenvalue weighted by atomic mass is 10.1. The summed E-state index contributed by atoms with van der Waals surface area (Å²) in [5.41, 5.74) is 1.48. The Morgan fingerprint density at radius 2 is 2.14 bits per heavy atom. The maximum atomic E-state index is 5.31. The normalized spacial score (nSPS) is 15.1. The molecule has 1 aliphatic rings. The van der Waals surface area contributed by atoms with Crippen molar-refractivity contribution >= 4 is 29.9 Å². The highest BCUT2D eigenvalue weighted by molar-refractivity contribution is 14.0. The molecule has 6 heteroatoms. The Morgan fingerprint density at radius 1 is 1.33 bits per heavy atom. The highest BCUT2D eigenvalue weighted by atomic mass is 127. The molecule has 0 saturated carbocycles. The van der Waals surface area contributed by atoms with Gasteiger partial charge in [0.25, 0.3) is 0 Å². The van der Waals surface area contributed by atoms with Gasteiger partial charge in [0.05, 0.1) is 13.2 Å². The fourth-order valence-corrected chi connectivity index (χ4v) is 2.03. The molecule has 124 valence electrons. The average molecular weight is 411 g/mol. The Bertz CT molecular complexity index is 309. The summed E-state index contributed by atoms with van der Waals surface area (Å²) in [5.74, 6) is 0.883. The van der Waals surface area contributed by atoms with E-state index in [1.54, 1.807) is 0 Å². The van der Waals surface area contributed by atoms with Crippen LogP contribution in [0.3, 0.4) is 0 Å². The monoisotopic (exact) mass is 411 g/mol. The van der Waals surface area contributed by atoms with E-state index in [2.05, 4.69) is 21.7 Å². The third-order valence-electron chi connectivity index (χ3n) is 3.23. The molecule has 0 atom stereocenters. The average Bonchev–Trinajstić information content (AvgIpc) is 2.50. The molecule has 0 saturated heterocycles. The van der Waals surface area contributed by atoms with E-state index < -0.39 is 0 Å². The number of ether oxygens (including phenoxy) is 2. The first kappa shape index (κ1) is 20.7. The van der Waals surface area contributed by atoms with Gasteiger partial charge >= 0.3 is 0 Å². The van der Waals surface area contributed by atoms with E-state index in [-0.39, 0.29) is 24.0 Å². The van der Waals surface area contributed by atoms with Crippen molar-refractivity contribution in [2.24, 2.45) is 4.99 Å². The molecule has 5 nitrogen and oxygen atoms in total. The minimum absolute atomic E-state index is 0. The zero-order chi connectivity index (χ0) is 14.5. The first-order chi connectivity index (χ1) is 9.86. The van der Waals surface area contributed by atoms with Gasteiger partial charge in [-0.05, 0) is 32.6 Å². The van der Waals surface area contributed by atoms with Crippen molar-refractivity contribution in [3.05, 3.63) is 11.6 Å². The molecular formula is C15H30IN3O2. The molecule has 21 heavy (non-hydrogen) atoms. The smallest absolute Gasteiger partial charge is 0.190 e. The maximum Gasteiger partial charge on any atom is 0.190 e. The highest BCUT2D eigenvalue weighted by Crippen LogP contribution is 2.10. The Balaban J connectivity index is 0.00000400. The Kier molecular flexibility index (Phi) is 14.4. The van der Waals surface area contributed by atoms with Crippen molar-refractivity contribution in [3.8, 4) is 0 Å². The fourth-order valence-electron chi connectivity index (χ4n) is 2.03. The van der Waals surface area contributed by atoms with Crippen LogP contribution < -0.4 is 10.6 Å². The van der Waals surface area contributed by atoms with Crippen LogP contribution in [0.5, 0.6) is 0 Å². The zero-order valence-corrected chi connectivity index (χ0v) is 15.7. The molecule has 1 heterocycles. The summed E-state index contributed by atoms with van der Waals surface area (Å²) in [6.07, 6.45) is 6.50. The second-order valence-electron chi connectivity index (χ2n) is 4.77. The third kappa shape index (κ3) is 11.0. The van der Waals surface area contributed by atoms with Crippen molar-refractivity contribution in [2.45, 2.75) is 32.6 Å². The molecule has 0 aromatic carbocycles. The predicted molar refractivity (Wildman–Crippen MR) is 98.6 cm³/mol. The lowest BCUT2D eigenvalue weighted by Crippen LogP contribution is -2.38. The summed E-state index contributed by atoms with van der Waals surface area (Å²) in [6.45, 7) is 7.16. The molecule has 0 spiro atoms. The minimum atomic E-state index is 0. The van der Waals surface area contributed by atoms with E-state index >= 15 is 0 Å². The van der Waals surface area contributed by atoms with Crippen molar-refractivity contribution in [1.82, 2.24) is 10.6 Å². The Morgan fingerprint density at radius 3 is 2.81 bits per heavy atom. The molecule has 1 aliphatic heterocycles. The van der Waals surface area contributed by atoms with E-state index in [9.17, 15) is 0 Å². The highest BCUT2D eigenvalue weighted by Gasteiger charge is 2.03. The summed E-state index contributed by atoms with van der Waals surface area (Å²) in [6, 6.07) is 0. The van der Waals surface area contributed by atoms with Gasteiger partial charge in [0, 0.05) is 33.4 Å². The van der Waals surface area contributed by atoms with Crippen LogP contribution in [0.4, 0.5) is 0 Å². The van der Waals surface area contributed by atoms with Crippen molar-refractivity contribution in [1.29, 1.82) is 0 Å². The van der Waals surface area contributed by atoms with Crippen LogP contribution in [0.25, 0.3) is 0 Å². The lowest BCUT2D eigenvalue weighted by molar-refractivity contribution is 0.143. The van der Waals surface area contributed by atoms with Crippen LogP contribution >= 0.6 is 24.0 Å². The van der Waals surface area contributed by atoms with Crippen molar-refractivity contribution in [3.63, 3.8) is 0 Å². The van der Waals surface area contributed by atoms with Crippen molar-refractivity contribution in [2.75, 3.05) is 46.6 Å². The number of halogens is 1. The molecule has 0 bridgehead atoms. The van der Waals surface area contributed by atoms with E-state index in [1.807, 2.05) is 14.0 Å². The molecule has 0 unspecified atom stereocenters. The number of guanidine groups is 1. The van der Waals surface area contributed by atoms with Crippen LogP contribution in [-0.4, -0.2) is 52.5 Å². The van der Waals surface area contributed by atoms with Gasteiger partial charge in [0.2, 0.25) is 0 Å². The molecule has 0 aliphatic carbocycles. The summed E-state index contributed by atoms with van der Waals surface area (Å²) < 4.78 is 10.6. The van der Waals surface area contributed by atoms with Crippen LogP contribution in [0.1, 0.15) is 32.6 Å². The van der Waals surface area contributed by atoms with Gasteiger partial charge in [-0.2, -0.15) is 0 Å². The standard InChI is InChI=1S/C15H29N3O2.HI/c1-3-19-11-5-4-9-17-15(16-2)18-10-6-14-7-12-20-13-8-14;/h7H,3-6,8-13H2,1-2H3,(H2,16,17,18);1H. The number of nitrogens with zero attached hydrogens (tertiary/aromatic N) is 1. The third-order valence-corrected chi connectivity index (χ3v) is 3.23. The fraction of sp³-hybridized carbons (Fsp3) is 0.800. The van der Waals surface area contributed by atoms with Crippen LogP contribution in [0, 0.1) is 0 Å². The summed E-state index contributed by atoms with van der Waals surface area (Å²) in [7, 11) is 1.81. The number of aliphatic imine (C=N–C) groups is 1. The molecule has 0 fully saturated rings. The number of hydrogen-bond donors (Lipinski definition) is 2. The quantitative estimate of drug-likeness (QED) is 0.201. The number of nitrogens with one attached hydrogen (secondary N) is 2. The zero-order valence-electron chi connectivity index (χ0n) is 13.3. The molecule has 0 aromatic rings. The van der Waals surface area contributed by atoms with Gasteiger partial charge in [-0.15, -0.1) is 24.0 Å². The first-order valence-electron chi connectivity index (χ1n) is 7.64. The van der Waals surface area contributed by atoms with Crippen molar-refractivity contribution < 1.29 is 9.47 Å². The van der Waals surface area contributed by atoms with Gasteiger partial charge < -0.3 is 20.1 Å². The minimum Gasteiger partial charge on any atom is -0.382 e. The topological polar surface area (TPSA) is 54.9 Å². The number of rotatable bonds is 9. The molecular weight excluding hydrogens is 381 g/mol. The SMILES string of the molecule is CCOCCCCNC(=NC)NCCC1=CCOCC1.I. The number of hydrogen-bond acceptors (Lipinski definition) is 3. The molecule has 0 radical (unpaired) electrons.